The zero-order valence-corrected chi connectivity index (χ0v) is 9.59. The molecule has 7 heteroatoms. The lowest BCUT2D eigenvalue weighted by molar-refractivity contribution is -0.140. The quantitative estimate of drug-likeness (QED) is 0.514. The van der Waals surface area contributed by atoms with Crippen molar-refractivity contribution >= 4 is 29.6 Å². The van der Waals surface area contributed by atoms with E-state index in [2.05, 4.69) is 4.90 Å². The van der Waals surface area contributed by atoms with Crippen LogP contribution in [0.2, 0.25) is 0 Å². The lowest BCUT2D eigenvalue weighted by Gasteiger charge is -2.27. The number of carbonyl (C=O) groups is 3. The molecular weight excluding hydrogens is 230 g/mol. The lowest BCUT2D eigenvalue weighted by Crippen LogP contribution is -2.41. The minimum absolute atomic E-state index is 0.293. The van der Waals surface area contributed by atoms with E-state index in [1.54, 1.807) is 0 Å². The van der Waals surface area contributed by atoms with Crippen LogP contribution in [-0.4, -0.2) is 65.3 Å². The molecule has 0 aliphatic carbocycles. The predicted octanol–water partition coefficient (Wildman–Crippen LogP) is -0.886. The van der Waals surface area contributed by atoms with E-state index < -0.39 is 17.8 Å². The second-order valence-corrected chi connectivity index (χ2v) is 4.89. The van der Waals surface area contributed by atoms with Gasteiger partial charge >= 0.3 is 17.8 Å². The summed E-state index contributed by atoms with van der Waals surface area (Å²) < 4.78 is 0. The van der Waals surface area contributed by atoms with E-state index in [1.165, 1.54) is 0 Å². The number of hydrogen-bond donors (Lipinski definition) is 1. The number of amides is 4. The molecule has 2 heterocycles. The molecule has 2 rings (SSSR count). The Kier molecular flexibility index (Phi) is 3.45. The predicted molar refractivity (Wildman–Crippen MR) is 59.0 cm³/mol. The molecule has 0 aromatic carbocycles. The summed E-state index contributed by atoms with van der Waals surface area (Å²) in [6.07, 6.45) is 0. The third-order valence-corrected chi connectivity index (χ3v) is 3.59. The average molecular weight is 243 g/mol. The molecular formula is C9H13N3O3S. The molecule has 4 amide bonds. The lowest BCUT2D eigenvalue weighted by atomic mass is 10.4. The number of imide groups is 2. The first-order valence-electron chi connectivity index (χ1n) is 5.15. The van der Waals surface area contributed by atoms with Crippen LogP contribution in [0, 0.1) is 0 Å². The van der Waals surface area contributed by atoms with Crippen molar-refractivity contribution in [3.05, 3.63) is 0 Å². The van der Waals surface area contributed by atoms with Crippen LogP contribution in [0.1, 0.15) is 0 Å². The van der Waals surface area contributed by atoms with Gasteiger partial charge in [0.2, 0.25) is 0 Å². The zero-order chi connectivity index (χ0) is 11.5. The van der Waals surface area contributed by atoms with Gasteiger partial charge in [0.1, 0.15) is 0 Å². The van der Waals surface area contributed by atoms with Gasteiger partial charge in [0.25, 0.3) is 0 Å². The first-order chi connectivity index (χ1) is 7.68. The molecule has 2 fully saturated rings. The number of thioether (sulfide) groups is 1. The fraction of sp³-hybridized carbons (Fsp3) is 0.667. The van der Waals surface area contributed by atoms with Crippen molar-refractivity contribution in [1.82, 2.24) is 15.1 Å². The smallest absolute Gasteiger partial charge is 0.300 e. The Morgan fingerprint density at radius 3 is 2.38 bits per heavy atom. The maximum absolute atomic E-state index is 11.3. The number of hydrogen-bond acceptors (Lipinski definition) is 5. The van der Waals surface area contributed by atoms with Crippen molar-refractivity contribution in [1.29, 1.82) is 0 Å². The van der Waals surface area contributed by atoms with E-state index in [0.29, 0.717) is 13.1 Å². The maximum Gasteiger partial charge on any atom is 0.331 e. The molecule has 0 atom stereocenters. The molecule has 2 aliphatic heterocycles. The number of nitrogens with zero attached hydrogens (tertiary/aromatic N) is 2. The van der Waals surface area contributed by atoms with Crippen molar-refractivity contribution in [2.45, 2.75) is 0 Å². The van der Waals surface area contributed by atoms with Gasteiger partial charge in [0.15, 0.2) is 0 Å². The van der Waals surface area contributed by atoms with E-state index in [0.717, 1.165) is 29.5 Å². The van der Waals surface area contributed by atoms with E-state index >= 15 is 0 Å². The van der Waals surface area contributed by atoms with Gasteiger partial charge in [0, 0.05) is 37.7 Å². The summed E-state index contributed by atoms with van der Waals surface area (Å²) in [4.78, 5) is 36.6. The van der Waals surface area contributed by atoms with Gasteiger partial charge in [-0.2, -0.15) is 11.8 Å². The highest BCUT2D eigenvalue weighted by Crippen LogP contribution is 2.09. The van der Waals surface area contributed by atoms with Gasteiger partial charge in [-0.25, -0.2) is 4.79 Å². The van der Waals surface area contributed by atoms with E-state index in [-0.39, 0.29) is 0 Å². The fourth-order valence-electron chi connectivity index (χ4n) is 1.70. The molecule has 88 valence electrons. The molecule has 0 aromatic heterocycles. The van der Waals surface area contributed by atoms with Crippen molar-refractivity contribution in [2.75, 3.05) is 37.7 Å². The topological polar surface area (TPSA) is 69.7 Å². The molecule has 0 radical (unpaired) electrons. The minimum atomic E-state index is -0.820. The second kappa shape index (κ2) is 4.84. The number of urea groups is 1. The summed E-state index contributed by atoms with van der Waals surface area (Å²) in [6, 6.07) is -0.596. The summed E-state index contributed by atoms with van der Waals surface area (Å²) in [6.45, 7) is 2.89. The van der Waals surface area contributed by atoms with Crippen LogP contribution in [0.3, 0.4) is 0 Å². The molecule has 2 aliphatic rings. The van der Waals surface area contributed by atoms with Gasteiger partial charge in [-0.15, -0.1) is 0 Å². The van der Waals surface area contributed by atoms with Crippen molar-refractivity contribution < 1.29 is 14.4 Å². The van der Waals surface area contributed by atoms with Crippen LogP contribution >= 0.6 is 11.8 Å². The molecule has 6 nitrogen and oxygen atoms in total. The number of carbonyl (C=O) groups excluding carboxylic acids is 3. The summed E-state index contributed by atoms with van der Waals surface area (Å²) in [7, 11) is 0. The van der Waals surface area contributed by atoms with Crippen LogP contribution in [-0.2, 0) is 9.59 Å². The Bertz CT molecular complexity index is 328. The van der Waals surface area contributed by atoms with Gasteiger partial charge < -0.3 is 0 Å². The third kappa shape index (κ3) is 2.35. The third-order valence-electron chi connectivity index (χ3n) is 2.65. The summed E-state index contributed by atoms with van der Waals surface area (Å²) >= 11 is 1.90. The summed E-state index contributed by atoms with van der Waals surface area (Å²) in [5, 5.41) is 1.98. The molecule has 0 spiro atoms. The van der Waals surface area contributed by atoms with Crippen molar-refractivity contribution in [3.63, 3.8) is 0 Å². The highest BCUT2D eigenvalue weighted by atomic mass is 32.2. The van der Waals surface area contributed by atoms with Crippen LogP contribution in [0.4, 0.5) is 4.79 Å². The Hall–Kier alpha value is -1.08. The fourth-order valence-corrected chi connectivity index (χ4v) is 2.68. The van der Waals surface area contributed by atoms with Gasteiger partial charge in [-0.3, -0.25) is 24.7 Å². The highest BCUT2D eigenvalue weighted by molar-refractivity contribution is 7.99. The molecule has 2 saturated heterocycles. The Morgan fingerprint density at radius 2 is 1.81 bits per heavy atom. The number of nitrogens with one attached hydrogen (secondary N) is 1. The SMILES string of the molecule is O=C1NC(=O)N(CCN2CCSCC2)C1=O. The Balaban J connectivity index is 1.83. The zero-order valence-electron chi connectivity index (χ0n) is 8.77. The summed E-state index contributed by atoms with van der Waals surface area (Å²) in [5.41, 5.74) is 0. The Morgan fingerprint density at radius 1 is 1.12 bits per heavy atom. The number of rotatable bonds is 3. The molecule has 0 unspecified atom stereocenters. The van der Waals surface area contributed by atoms with E-state index in [9.17, 15) is 14.4 Å². The standard InChI is InChI=1S/C9H13N3O3S/c13-7-8(14)12(9(15)10-7)2-1-11-3-5-16-6-4-11/h1-6H2,(H,10,13,15). The molecule has 0 saturated carbocycles. The minimum Gasteiger partial charge on any atom is -0.300 e. The molecule has 0 bridgehead atoms. The maximum atomic E-state index is 11.3. The Labute approximate surface area is 97.3 Å². The van der Waals surface area contributed by atoms with Crippen molar-refractivity contribution in [3.8, 4) is 0 Å². The van der Waals surface area contributed by atoms with Gasteiger partial charge in [-0.05, 0) is 0 Å². The molecule has 1 N–H and O–H groups in total. The second-order valence-electron chi connectivity index (χ2n) is 3.67. The monoisotopic (exact) mass is 243 g/mol. The van der Waals surface area contributed by atoms with Crippen molar-refractivity contribution in [2.24, 2.45) is 0 Å². The van der Waals surface area contributed by atoms with E-state index in [4.69, 9.17) is 0 Å². The first kappa shape index (κ1) is 11.4. The molecule has 0 aromatic rings. The normalized spacial score (nSPS) is 22.8. The van der Waals surface area contributed by atoms with E-state index in [1.807, 2.05) is 17.1 Å². The largest absolute Gasteiger partial charge is 0.331 e. The van der Waals surface area contributed by atoms with Gasteiger partial charge in [0.05, 0.1) is 0 Å². The highest BCUT2D eigenvalue weighted by Gasteiger charge is 2.36. The van der Waals surface area contributed by atoms with Crippen LogP contribution in [0.25, 0.3) is 0 Å². The average Bonchev–Trinajstić information content (AvgIpc) is 2.53. The van der Waals surface area contributed by atoms with Gasteiger partial charge in [-0.1, -0.05) is 0 Å². The van der Waals surface area contributed by atoms with Crippen LogP contribution in [0.5, 0.6) is 0 Å². The van der Waals surface area contributed by atoms with Crippen LogP contribution < -0.4 is 5.32 Å². The summed E-state index contributed by atoms with van der Waals surface area (Å²) in [5.74, 6) is 0.605. The molecule has 16 heavy (non-hydrogen) atoms. The van der Waals surface area contributed by atoms with Crippen LogP contribution in [0.15, 0.2) is 0 Å². The first-order valence-corrected chi connectivity index (χ1v) is 6.31.